The first-order valence-electron chi connectivity index (χ1n) is 9.18. The second-order valence-electron chi connectivity index (χ2n) is 6.94. The van der Waals surface area contributed by atoms with E-state index in [1.165, 1.54) is 0 Å². The summed E-state index contributed by atoms with van der Waals surface area (Å²) in [7, 11) is 1.54. The number of aromatic nitrogens is 1. The lowest BCUT2D eigenvalue weighted by atomic mass is 10.1. The Kier molecular flexibility index (Phi) is 5.54. The van der Waals surface area contributed by atoms with Crippen molar-refractivity contribution in [2.75, 3.05) is 12.4 Å². The van der Waals surface area contributed by atoms with Crippen LogP contribution in [0.2, 0.25) is 5.02 Å². The third kappa shape index (κ3) is 3.93. The highest BCUT2D eigenvalue weighted by Gasteiger charge is 2.18. The molecular weight excluding hydrogens is 468 g/mol. The minimum atomic E-state index is -0.294. The fraction of sp³-hybridized carbons (Fsp3) is 0.130. The summed E-state index contributed by atoms with van der Waals surface area (Å²) in [5.74, 6) is 0.629. The SMILES string of the molecule is COc1c(C)cc(Br)cc1C(=O)Nc1ccc(Cl)c(-c2nc3cc(C)ccc3o2)c1. The molecule has 0 aliphatic heterocycles. The number of methoxy groups -OCH3 is 1. The number of oxazole rings is 1. The van der Waals surface area contributed by atoms with Crippen LogP contribution in [0.25, 0.3) is 22.6 Å². The van der Waals surface area contributed by atoms with E-state index in [0.717, 1.165) is 21.1 Å². The number of carbonyl (C=O) groups excluding carboxylic acids is 1. The van der Waals surface area contributed by atoms with E-state index in [-0.39, 0.29) is 5.91 Å². The van der Waals surface area contributed by atoms with Crippen LogP contribution in [0.15, 0.2) is 57.4 Å². The highest BCUT2D eigenvalue weighted by Crippen LogP contribution is 2.33. The second kappa shape index (κ2) is 8.13. The number of hydrogen-bond donors (Lipinski definition) is 1. The van der Waals surface area contributed by atoms with Crippen LogP contribution in [0.4, 0.5) is 5.69 Å². The maximum Gasteiger partial charge on any atom is 0.259 e. The van der Waals surface area contributed by atoms with Crippen molar-refractivity contribution in [2.45, 2.75) is 13.8 Å². The van der Waals surface area contributed by atoms with E-state index in [4.69, 9.17) is 20.8 Å². The van der Waals surface area contributed by atoms with Crippen molar-refractivity contribution in [2.24, 2.45) is 0 Å². The van der Waals surface area contributed by atoms with Crippen LogP contribution in [-0.2, 0) is 0 Å². The monoisotopic (exact) mass is 484 g/mol. The minimum absolute atomic E-state index is 0.294. The number of fused-ring (bicyclic) bond motifs is 1. The summed E-state index contributed by atoms with van der Waals surface area (Å²) in [5.41, 5.74) is 4.97. The third-order valence-electron chi connectivity index (χ3n) is 4.69. The number of halogens is 2. The highest BCUT2D eigenvalue weighted by molar-refractivity contribution is 9.10. The molecule has 0 fully saturated rings. The maximum atomic E-state index is 12.9. The van der Waals surface area contributed by atoms with Gasteiger partial charge in [0.15, 0.2) is 5.58 Å². The topological polar surface area (TPSA) is 64.4 Å². The van der Waals surface area contributed by atoms with Gasteiger partial charge in [-0.05, 0) is 67.4 Å². The summed E-state index contributed by atoms with van der Waals surface area (Å²) in [6.07, 6.45) is 0. The Morgan fingerprint density at radius 3 is 2.70 bits per heavy atom. The van der Waals surface area contributed by atoms with Crippen LogP contribution in [-0.4, -0.2) is 18.0 Å². The van der Waals surface area contributed by atoms with Crippen LogP contribution >= 0.6 is 27.5 Å². The number of nitrogens with zero attached hydrogens (tertiary/aromatic N) is 1. The van der Waals surface area contributed by atoms with Crippen molar-refractivity contribution in [3.63, 3.8) is 0 Å². The molecule has 1 aromatic heterocycles. The molecule has 152 valence electrons. The molecule has 4 aromatic rings. The zero-order valence-electron chi connectivity index (χ0n) is 16.5. The molecule has 0 atom stereocenters. The van der Waals surface area contributed by atoms with Crippen LogP contribution in [0, 0.1) is 13.8 Å². The molecule has 30 heavy (non-hydrogen) atoms. The zero-order valence-corrected chi connectivity index (χ0v) is 18.9. The summed E-state index contributed by atoms with van der Waals surface area (Å²) in [6.45, 7) is 3.88. The number of aryl methyl sites for hydroxylation is 2. The van der Waals surface area contributed by atoms with Crippen LogP contribution in [0.5, 0.6) is 5.75 Å². The zero-order chi connectivity index (χ0) is 21.4. The summed E-state index contributed by atoms with van der Waals surface area (Å²) >= 11 is 9.82. The lowest BCUT2D eigenvalue weighted by Gasteiger charge is -2.13. The molecular formula is C23H18BrClN2O3. The Morgan fingerprint density at radius 1 is 1.13 bits per heavy atom. The summed E-state index contributed by atoms with van der Waals surface area (Å²) < 4.78 is 12.1. The third-order valence-corrected chi connectivity index (χ3v) is 5.47. The lowest BCUT2D eigenvalue weighted by Crippen LogP contribution is -2.14. The standard InChI is InChI=1S/C23H18BrClN2O3/c1-12-4-7-20-19(8-12)27-23(30-20)16-11-15(5-6-18(16)25)26-22(28)17-10-14(24)9-13(2)21(17)29-3/h4-11H,1-3H3,(H,26,28). The Bertz CT molecular complexity index is 1280. The van der Waals surface area contributed by atoms with E-state index in [9.17, 15) is 4.79 Å². The number of amides is 1. The number of ether oxygens (including phenoxy) is 1. The molecule has 0 radical (unpaired) electrons. The Morgan fingerprint density at radius 2 is 1.93 bits per heavy atom. The summed E-state index contributed by atoms with van der Waals surface area (Å²) in [4.78, 5) is 17.5. The van der Waals surface area contributed by atoms with Crippen LogP contribution in [0.1, 0.15) is 21.5 Å². The van der Waals surface area contributed by atoms with Gasteiger partial charge in [-0.15, -0.1) is 0 Å². The van der Waals surface area contributed by atoms with E-state index in [1.54, 1.807) is 31.4 Å². The average Bonchev–Trinajstić information content (AvgIpc) is 3.11. The number of carbonyl (C=O) groups is 1. The van der Waals surface area contributed by atoms with Gasteiger partial charge in [0, 0.05) is 10.2 Å². The summed E-state index contributed by atoms with van der Waals surface area (Å²) in [6, 6.07) is 14.6. The summed E-state index contributed by atoms with van der Waals surface area (Å²) in [5, 5.41) is 3.38. The molecule has 0 bridgehead atoms. The fourth-order valence-corrected chi connectivity index (χ4v) is 4.06. The minimum Gasteiger partial charge on any atom is -0.496 e. The maximum absolute atomic E-state index is 12.9. The first-order valence-corrected chi connectivity index (χ1v) is 10.4. The largest absolute Gasteiger partial charge is 0.496 e. The molecule has 1 N–H and O–H groups in total. The Labute approximate surface area is 187 Å². The predicted octanol–water partition coefficient (Wildman–Crippen LogP) is 6.79. The number of rotatable bonds is 4. The molecule has 0 saturated carbocycles. The molecule has 4 rings (SSSR count). The van der Waals surface area contributed by atoms with E-state index in [0.29, 0.717) is 39.1 Å². The smallest absolute Gasteiger partial charge is 0.259 e. The van der Waals surface area contributed by atoms with Crippen molar-refractivity contribution in [1.82, 2.24) is 4.98 Å². The molecule has 1 amide bonds. The van der Waals surface area contributed by atoms with Gasteiger partial charge < -0.3 is 14.5 Å². The number of benzene rings is 3. The molecule has 1 heterocycles. The van der Waals surface area contributed by atoms with Gasteiger partial charge in [-0.2, -0.15) is 0 Å². The number of nitrogens with one attached hydrogen (secondary N) is 1. The quantitative estimate of drug-likeness (QED) is 0.346. The van der Waals surface area contributed by atoms with E-state index in [1.807, 2.05) is 38.1 Å². The van der Waals surface area contributed by atoms with E-state index >= 15 is 0 Å². The Hall–Kier alpha value is -2.83. The average molecular weight is 486 g/mol. The van der Waals surface area contributed by atoms with Crippen molar-refractivity contribution >= 4 is 50.2 Å². The second-order valence-corrected chi connectivity index (χ2v) is 8.27. The van der Waals surface area contributed by atoms with E-state index < -0.39 is 0 Å². The molecule has 0 unspecified atom stereocenters. The van der Waals surface area contributed by atoms with Gasteiger partial charge in [-0.25, -0.2) is 4.98 Å². The molecule has 0 aliphatic rings. The normalized spacial score (nSPS) is 11.0. The molecule has 0 spiro atoms. The van der Waals surface area contributed by atoms with Gasteiger partial charge in [-0.1, -0.05) is 33.6 Å². The fourth-order valence-electron chi connectivity index (χ4n) is 3.29. The van der Waals surface area contributed by atoms with Crippen molar-refractivity contribution in [3.8, 4) is 17.2 Å². The molecule has 7 heteroatoms. The van der Waals surface area contributed by atoms with Gasteiger partial charge in [0.1, 0.15) is 11.3 Å². The van der Waals surface area contributed by atoms with Gasteiger partial charge in [-0.3, -0.25) is 4.79 Å². The van der Waals surface area contributed by atoms with Gasteiger partial charge in [0.25, 0.3) is 5.91 Å². The molecule has 0 saturated heterocycles. The van der Waals surface area contributed by atoms with Gasteiger partial charge in [0.05, 0.1) is 23.3 Å². The first-order chi connectivity index (χ1) is 14.4. The predicted molar refractivity (Wildman–Crippen MR) is 123 cm³/mol. The number of anilines is 1. The van der Waals surface area contributed by atoms with Crippen molar-refractivity contribution in [3.05, 3.63) is 74.7 Å². The first kappa shape index (κ1) is 20.4. The highest BCUT2D eigenvalue weighted by atomic mass is 79.9. The molecule has 0 aliphatic carbocycles. The van der Waals surface area contributed by atoms with Crippen LogP contribution in [0.3, 0.4) is 0 Å². The van der Waals surface area contributed by atoms with Crippen molar-refractivity contribution in [1.29, 1.82) is 0 Å². The van der Waals surface area contributed by atoms with Crippen molar-refractivity contribution < 1.29 is 13.9 Å². The van der Waals surface area contributed by atoms with Gasteiger partial charge >= 0.3 is 0 Å². The Balaban J connectivity index is 1.69. The van der Waals surface area contributed by atoms with E-state index in [2.05, 4.69) is 26.2 Å². The lowest BCUT2D eigenvalue weighted by molar-refractivity contribution is 0.102. The van der Waals surface area contributed by atoms with Gasteiger partial charge in [0.2, 0.25) is 5.89 Å². The number of hydrogen-bond acceptors (Lipinski definition) is 4. The molecule has 5 nitrogen and oxygen atoms in total. The van der Waals surface area contributed by atoms with Crippen LogP contribution < -0.4 is 10.1 Å². The molecule has 3 aromatic carbocycles.